The van der Waals surface area contributed by atoms with Gasteiger partial charge in [0.05, 0.1) is 0 Å². The molecule has 2 fully saturated rings. The first-order chi connectivity index (χ1) is 14.1. The molecule has 0 aromatic heterocycles. The number of amides is 1. The Labute approximate surface area is 181 Å². The molecule has 5 heteroatoms. The first kappa shape index (κ1) is 19.9. The Balaban J connectivity index is 1.66. The summed E-state index contributed by atoms with van der Waals surface area (Å²) in [7, 11) is 0. The van der Waals surface area contributed by atoms with E-state index in [1.54, 1.807) is 4.90 Å². The molecule has 2 heterocycles. The fraction of sp³-hybridized carbons (Fsp3) is 0.333. The van der Waals surface area contributed by atoms with Gasteiger partial charge in [0.25, 0.3) is 0 Å². The molecule has 0 aliphatic carbocycles. The quantitative estimate of drug-likeness (QED) is 0.510. The molecule has 4 nitrogen and oxygen atoms in total. The molecule has 0 spiro atoms. The number of hydrogen-bond acceptors (Lipinski definition) is 3. The van der Waals surface area contributed by atoms with Crippen LogP contribution in [0.5, 0.6) is 0 Å². The van der Waals surface area contributed by atoms with Gasteiger partial charge in [0, 0.05) is 0 Å². The van der Waals surface area contributed by atoms with E-state index in [1.165, 1.54) is 24.1 Å². The molecule has 2 aliphatic heterocycles. The third-order valence-electron chi connectivity index (χ3n) is 5.70. The van der Waals surface area contributed by atoms with E-state index in [4.69, 9.17) is 0 Å². The molecule has 0 N–H and O–H groups in total. The number of nitrogens with zero attached hydrogens (tertiary/aromatic N) is 3. The monoisotopic (exact) mass is 453 g/mol. The topological polar surface area (TPSA) is 26.8 Å². The zero-order chi connectivity index (χ0) is 20.4. The second-order valence-electron chi connectivity index (χ2n) is 7.51. The van der Waals surface area contributed by atoms with Gasteiger partial charge in [-0.05, 0) is 0 Å². The van der Waals surface area contributed by atoms with E-state index in [9.17, 15) is 4.79 Å². The average molecular weight is 452 g/mol. The van der Waals surface area contributed by atoms with Crippen LogP contribution in [-0.4, -0.2) is 50.7 Å². The maximum absolute atomic E-state index is 13.4. The van der Waals surface area contributed by atoms with Gasteiger partial charge in [0.1, 0.15) is 0 Å². The predicted molar refractivity (Wildman–Crippen MR) is 122 cm³/mol. The Kier molecular flexibility index (Phi) is 5.89. The van der Waals surface area contributed by atoms with Crippen molar-refractivity contribution in [3.8, 4) is 0 Å². The van der Waals surface area contributed by atoms with Crippen molar-refractivity contribution in [3.63, 3.8) is 0 Å². The Morgan fingerprint density at radius 1 is 1.00 bits per heavy atom. The Morgan fingerprint density at radius 2 is 1.72 bits per heavy atom. The van der Waals surface area contributed by atoms with Crippen LogP contribution in [0.25, 0.3) is 6.08 Å². The minimum atomic E-state index is 0.0106. The van der Waals surface area contributed by atoms with E-state index in [2.05, 4.69) is 75.6 Å². The fourth-order valence-electron chi connectivity index (χ4n) is 4.04. The van der Waals surface area contributed by atoms with Gasteiger partial charge in [-0.1, -0.05) is 0 Å². The molecule has 2 saturated heterocycles. The number of hydrogen-bond donors (Lipinski definition) is 0. The van der Waals surface area contributed by atoms with Crippen molar-refractivity contribution >= 4 is 43.6 Å². The summed E-state index contributed by atoms with van der Waals surface area (Å²) < 4.78 is 0.837. The van der Waals surface area contributed by atoms with E-state index < -0.39 is 0 Å². The third-order valence-corrected chi connectivity index (χ3v) is 6.54. The number of benzene rings is 2. The zero-order valence-electron chi connectivity index (χ0n) is 17.1. The summed E-state index contributed by atoms with van der Waals surface area (Å²) in [4.78, 5) is 19.6. The first-order valence-corrected chi connectivity index (χ1v) is 11.3. The Morgan fingerprint density at radius 3 is 2.38 bits per heavy atom. The molecule has 0 radical (unpaired) electrons. The summed E-state index contributed by atoms with van der Waals surface area (Å²) in [5, 5.41) is 0. The Hall–Kier alpha value is -2.36. The third kappa shape index (κ3) is 3.90. The van der Waals surface area contributed by atoms with Crippen LogP contribution in [0.2, 0.25) is 0 Å². The van der Waals surface area contributed by atoms with Crippen LogP contribution >= 0.6 is 0 Å². The number of aryl methyl sites for hydroxylation is 1. The SMILES string of the molecule is CCc1ccc(N2C(=O)C(=Cc3cccc(N4CCCC4)c3)N(CC)C2=[Se])cc1. The molecular weight excluding hydrogens is 425 g/mol. The van der Waals surface area contributed by atoms with E-state index in [-0.39, 0.29) is 5.91 Å². The molecule has 4 rings (SSSR count). The van der Waals surface area contributed by atoms with E-state index in [0.29, 0.717) is 5.70 Å². The number of carbonyl (C=O) groups is 1. The predicted octanol–water partition coefficient (Wildman–Crippen LogP) is 3.81. The Bertz CT molecular complexity index is 945. The minimum absolute atomic E-state index is 0.0106. The van der Waals surface area contributed by atoms with Crippen molar-refractivity contribution in [1.82, 2.24) is 4.90 Å². The van der Waals surface area contributed by atoms with Crippen molar-refractivity contribution in [2.75, 3.05) is 29.4 Å². The van der Waals surface area contributed by atoms with Crippen LogP contribution in [0.15, 0.2) is 54.2 Å². The fourth-order valence-corrected chi connectivity index (χ4v) is 4.91. The number of anilines is 2. The van der Waals surface area contributed by atoms with Gasteiger partial charge < -0.3 is 0 Å². The molecule has 29 heavy (non-hydrogen) atoms. The first-order valence-electron chi connectivity index (χ1n) is 10.4. The molecule has 0 atom stereocenters. The van der Waals surface area contributed by atoms with Crippen molar-refractivity contribution in [2.45, 2.75) is 33.1 Å². The van der Waals surface area contributed by atoms with Crippen molar-refractivity contribution in [1.29, 1.82) is 0 Å². The zero-order valence-corrected chi connectivity index (χ0v) is 18.8. The normalized spacial score (nSPS) is 18.4. The van der Waals surface area contributed by atoms with Crippen LogP contribution in [0, 0.1) is 0 Å². The molecule has 2 aromatic rings. The van der Waals surface area contributed by atoms with Gasteiger partial charge in [-0.25, -0.2) is 0 Å². The van der Waals surface area contributed by atoms with Crippen LogP contribution < -0.4 is 9.80 Å². The van der Waals surface area contributed by atoms with Gasteiger partial charge in [-0.2, -0.15) is 0 Å². The summed E-state index contributed by atoms with van der Waals surface area (Å²) in [6.45, 7) is 7.17. The van der Waals surface area contributed by atoms with Crippen molar-refractivity contribution < 1.29 is 4.79 Å². The number of rotatable bonds is 5. The van der Waals surface area contributed by atoms with E-state index >= 15 is 0 Å². The van der Waals surface area contributed by atoms with Gasteiger partial charge in [-0.15, -0.1) is 0 Å². The van der Waals surface area contributed by atoms with Crippen molar-refractivity contribution in [3.05, 3.63) is 65.4 Å². The second-order valence-corrected chi connectivity index (χ2v) is 8.27. The van der Waals surface area contributed by atoms with Gasteiger partial charge in [0.2, 0.25) is 0 Å². The average Bonchev–Trinajstić information content (AvgIpc) is 3.36. The summed E-state index contributed by atoms with van der Waals surface area (Å²) >= 11 is 3.12. The molecule has 1 amide bonds. The molecule has 0 unspecified atom stereocenters. The number of likely N-dealkylation sites (N-methyl/N-ethyl adjacent to an activating group) is 1. The van der Waals surface area contributed by atoms with Crippen LogP contribution in [0.3, 0.4) is 0 Å². The molecular formula is C24H27N3OSe. The standard InChI is InChI=1S/C24H27N3OSe/c1-3-18-10-12-20(13-11-18)27-23(28)22(26(4-2)24(27)29)17-19-8-7-9-21(16-19)25-14-5-6-15-25/h7-13,16-17H,3-6,14-15H2,1-2H3. The maximum atomic E-state index is 13.4. The van der Waals surface area contributed by atoms with Gasteiger partial charge in [-0.3, -0.25) is 0 Å². The van der Waals surface area contributed by atoms with Crippen LogP contribution in [0.4, 0.5) is 11.4 Å². The summed E-state index contributed by atoms with van der Waals surface area (Å²) in [5.74, 6) is 0.0106. The second kappa shape index (κ2) is 8.56. The summed E-state index contributed by atoms with van der Waals surface area (Å²) in [5.41, 5.74) is 5.17. The number of carbonyl (C=O) groups excluding carboxylic acids is 1. The summed E-state index contributed by atoms with van der Waals surface area (Å²) in [6, 6.07) is 16.7. The van der Waals surface area contributed by atoms with E-state index in [0.717, 1.165) is 42.0 Å². The molecule has 150 valence electrons. The molecule has 2 aromatic carbocycles. The van der Waals surface area contributed by atoms with Gasteiger partial charge in [0.15, 0.2) is 0 Å². The van der Waals surface area contributed by atoms with E-state index in [1.807, 2.05) is 18.2 Å². The molecule has 0 saturated carbocycles. The molecule has 0 bridgehead atoms. The van der Waals surface area contributed by atoms with Crippen molar-refractivity contribution in [2.24, 2.45) is 0 Å². The van der Waals surface area contributed by atoms with Crippen LogP contribution in [0.1, 0.15) is 37.8 Å². The summed E-state index contributed by atoms with van der Waals surface area (Å²) in [6.07, 6.45) is 5.51. The van der Waals surface area contributed by atoms with Gasteiger partial charge >= 0.3 is 181 Å². The molecule has 2 aliphatic rings. The van der Waals surface area contributed by atoms with Crippen LogP contribution in [-0.2, 0) is 11.2 Å².